The van der Waals surface area contributed by atoms with Crippen molar-refractivity contribution < 1.29 is 23.2 Å². The molecule has 0 aliphatic rings. The van der Waals surface area contributed by atoms with Gasteiger partial charge in [0.1, 0.15) is 0 Å². The zero-order chi connectivity index (χ0) is 11.6. The fourth-order valence-electron chi connectivity index (χ4n) is 0.445. The van der Waals surface area contributed by atoms with Crippen molar-refractivity contribution in [3.63, 3.8) is 0 Å². The largest absolute Gasteiger partial charge is 0.396 e. The van der Waals surface area contributed by atoms with Crippen LogP contribution in [0.5, 0.6) is 0 Å². The molecule has 0 heterocycles. The smallest absolute Gasteiger partial charge is 0.264 e. The summed E-state index contributed by atoms with van der Waals surface area (Å²) in [6, 6.07) is -0.151. The Morgan fingerprint density at radius 3 is 2.00 bits per heavy atom. The third kappa shape index (κ3) is 17.8. The lowest BCUT2D eigenvalue weighted by Crippen LogP contribution is -2.24. The van der Waals surface area contributed by atoms with E-state index in [2.05, 4.69) is 0 Å². The summed E-state index contributed by atoms with van der Waals surface area (Å²) in [5.74, 6) is -0.201. The summed E-state index contributed by atoms with van der Waals surface area (Å²) < 4.78 is 26.9. The van der Waals surface area contributed by atoms with E-state index in [1.807, 2.05) is 0 Å². The van der Waals surface area contributed by atoms with Crippen molar-refractivity contribution in [2.45, 2.75) is 25.8 Å². The van der Waals surface area contributed by atoms with Crippen LogP contribution in [-0.4, -0.2) is 48.2 Å². The van der Waals surface area contributed by atoms with Gasteiger partial charge in [-0.2, -0.15) is 8.42 Å². The summed E-state index contributed by atoms with van der Waals surface area (Å²) in [5, 5.41) is 16.6. The van der Waals surface area contributed by atoms with E-state index in [0.29, 0.717) is 12.8 Å². The van der Waals surface area contributed by atoms with Gasteiger partial charge in [0.25, 0.3) is 10.1 Å². The molecular formula is C7H19NO5S. The first-order chi connectivity index (χ1) is 6.37. The molecule has 7 heteroatoms. The van der Waals surface area contributed by atoms with Crippen LogP contribution in [0.1, 0.15) is 19.8 Å². The van der Waals surface area contributed by atoms with Crippen LogP contribution in [0.25, 0.3) is 0 Å². The average Bonchev–Trinajstić information content (AvgIpc) is 2.14. The molecule has 0 bridgehead atoms. The second kappa shape index (κ2) is 9.35. The number of hydrogen-bond donors (Lipinski definition) is 4. The highest BCUT2D eigenvalue weighted by atomic mass is 32.2. The average molecular weight is 229 g/mol. The van der Waals surface area contributed by atoms with Gasteiger partial charge in [-0.1, -0.05) is 0 Å². The summed E-state index contributed by atoms with van der Waals surface area (Å²) in [6.07, 6.45) is 1.38. The predicted octanol–water partition coefficient (Wildman–Crippen LogP) is -1.03. The van der Waals surface area contributed by atoms with Gasteiger partial charge in [0.2, 0.25) is 0 Å². The molecule has 88 valence electrons. The fourth-order valence-corrected chi connectivity index (χ4v) is 0.445. The Morgan fingerprint density at radius 1 is 1.36 bits per heavy atom. The summed E-state index contributed by atoms with van der Waals surface area (Å²) in [5.41, 5.74) is 5.30. The highest BCUT2D eigenvalue weighted by Crippen LogP contribution is 1.90. The van der Waals surface area contributed by atoms with Crippen LogP contribution in [0.2, 0.25) is 0 Å². The van der Waals surface area contributed by atoms with Crippen molar-refractivity contribution in [3.05, 3.63) is 0 Å². The topological polar surface area (TPSA) is 121 Å². The number of nitrogens with two attached hydrogens (primary N) is 1. The Bertz CT molecular complexity index is 204. The highest BCUT2D eigenvalue weighted by molar-refractivity contribution is 7.85. The van der Waals surface area contributed by atoms with E-state index < -0.39 is 10.1 Å². The van der Waals surface area contributed by atoms with Gasteiger partial charge in [-0.05, 0) is 19.8 Å². The molecule has 1 unspecified atom stereocenters. The molecule has 0 fully saturated rings. The first-order valence-corrected chi connectivity index (χ1v) is 5.90. The Balaban J connectivity index is 0. The van der Waals surface area contributed by atoms with E-state index in [1.54, 1.807) is 0 Å². The second-order valence-electron chi connectivity index (χ2n) is 2.68. The quantitative estimate of drug-likeness (QED) is 0.447. The minimum atomic E-state index is -3.66. The summed E-state index contributed by atoms with van der Waals surface area (Å²) in [7, 11) is -3.66. The van der Waals surface area contributed by atoms with Gasteiger partial charge in [0.05, 0.1) is 12.4 Å². The van der Waals surface area contributed by atoms with Crippen molar-refractivity contribution in [1.29, 1.82) is 0 Å². The molecule has 0 amide bonds. The Hall–Kier alpha value is -0.210. The molecule has 0 saturated carbocycles. The van der Waals surface area contributed by atoms with Crippen LogP contribution in [-0.2, 0) is 10.1 Å². The molecule has 0 radical (unpaired) electrons. The SMILES string of the molecule is CCS(=O)(=O)O.NC(CO)CCCO. The van der Waals surface area contributed by atoms with E-state index in [0.717, 1.165) is 0 Å². The third-order valence-corrected chi connectivity index (χ3v) is 2.06. The van der Waals surface area contributed by atoms with Gasteiger partial charge < -0.3 is 15.9 Å². The van der Waals surface area contributed by atoms with Crippen LogP contribution in [0, 0.1) is 0 Å². The molecule has 0 aromatic heterocycles. The number of rotatable bonds is 5. The van der Waals surface area contributed by atoms with Crippen LogP contribution in [0.4, 0.5) is 0 Å². The van der Waals surface area contributed by atoms with E-state index in [-0.39, 0.29) is 25.0 Å². The molecule has 0 saturated heterocycles. The van der Waals surface area contributed by atoms with Gasteiger partial charge in [-0.15, -0.1) is 0 Å². The molecule has 0 rings (SSSR count). The highest BCUT2D eigenvalue weighted by Gasteiger charge is 1.96. The molecule has 14 heavy (non-hydrogen) atoms. The first kappa shape index (κ1) is 16.2. The number of aliphatic hydroxyl groups is 2. The minimum absolute atomic E-state index is 0.0139. The Labute approximate surface area is 84.5 Å². The first-order valence-electron chi connectivity index (χ1n) is 4.29. The Kier molecular flexibility index (Phi) is 10.8. The van der Waals surface area contributed by atoms with Crippen LogP contribution in [0.15, 0.2) is 0 Å². The van der Waals surface area contributed by atoms with E-state index in [1.165, 1.54) is 6.92 Å². The van der Waals surface area contributed by atoms with Gasteiger partial charge in [0.15, 0.2) is 0 Å². The van der Waals surface area contributed by atoms with Crippen molar-refractivity contribution in [2.75, 3.05) is 19.0 Å². The molecule has 5 N–H and O–H groups in total. The van der Waals surface area contributed by atoms with Crippen molar-refractivity contribution in [3.8, 4) is 0 Å². The van der Waals surface area contributed by atoms with E-state index >= 15 is 0 Å². The monoisotopic (exact) mass is 229 g/mol. The maximum Gasteiger partial charge on any atom is 0.264 e. The summed E-state index contributed by atoms with van der Waals surface area (Å²) in [4.78, 5) is 0. The van der Waals surface area contributed by atoms with Gasteiger partial charge in [-0.3, -0.25) is 4.55 Å². The lowest BCUT2D eigenvalue weighted by molar-refractivity contribution is 0.238. The van der Waals surface area contributed by atoms with Crippen LogP contribution < -0.4 is 5.73 Å². The summed E-state index contributed by atoms with van der Waals surface area (Å²) in [6.45, 7) is 1.54. The predicted molar refractivity (Wildman–Crippen MR) is 53.5 cm³/mol. The molecule has 0 aromatic carbocycles. The lowest BCUT2D eigenvalue weighted by Gasteiger charge is -2.03. The zero-order valence-corrected chi connectivity index (χ0v) is 9.07. The van der Waals surface area contributed by atoms with Gasteiger partial charge >= 0.3 is 0 Å². The molecule has 6 nitrogen and oxygen atoms in total. The lowest BCUT2D eigenvalue weighted by atomic mass is 10.2. The van der Waals surface area contributed by atoms with Crippen LogP contribution in [0.3, 0.4) is 0 Å². The van der Waals surface area contributed by atoms with Crippen molar-refractivity contribution in [1.82, 2.24) is 0 Å². The molecular weight excluding hydrogens is 210 g/mol. The standard InChI is InChI=1S/C5H13NO2.C2H6O3S/c6-5(4-8)2-1-3-7;1-2-6(3,4)5/h5,7-8H,1-4,6H2;2H2,1H3,(H,3,4,5). The maximum atomic E-state index is 9.56. The second-order valence-corrected chi connectivity index (χ2v) is 4.42. The molecule has 0 aliphatic heterocycles. The summed E-state index contributed by atoms with van der Waals surface area (Å²) >= 11 is 0. The van der Waals surface area contributed by atoms with Crippen molar-refractivity contribution >= 4 is 10.1 Å². The number of aliphatic hydroxyl groups excluding tert-OH is 2. The van der Waals surface area contributed by atoms with E-state index in [4.69, 9.17) is 20.5 Å². The van der Waals surface area contributed by atoms with Gasteiger partial charge in [0, 0.05) is 12.6 Å². The van der Waals surface area contributed by atoms with Crippen LogP contribution >= 0.6 is 0 Å². The normalized spacial score (nSPS) is 12.9. The molecule has 0 aromatic rings. The fraction of sp³-hybridized carbons (Fsp3) is 1.00. The van der Waals surface area contributed by atoms with Gasteiger partial charge in [-0.25, -0.2) is 0 Å². The van der Waals surface area contributed by atoms with Crippen molar-refractivity contribution in [2.24, 2.45) is 5.73 Å². The zero-order valence-electron chi connectivity index (χ0n) is 8.26. The molecule has 0 spiro atoms. The molecule has 1 atom stereocenters. The Morgan fingerprint density at radius 2 is 1.79 bits per heavy atom. The maximum absolute atomic E-state index is 9.56. The van der Waals surface area contributed by atoms with E-state index in [9.17, 15) is 8.42 Å². The molecule has 0 aliphatic carbocycles. The third-order valence-electron chi connectivity index (χ3n) is 1.33. The number of hydrogen-bond acceptors (Lipinski definition) is 5. The minimum Gasteiger partial charge on any atom is -0.396 e.